The molecule has 3 nitrogen and oxygen atoms in total. The lowest BCUT2D eigenvalue weighted by atomic mass is 10.2. The van der Waals surface area contributed by atoms with Crippen LogP contribution in [0.4, 0.5) is 0 Å². The second kappa shape index (κ2) is 3.44. The number of aliphatic hydroxyl groups is 1. The third-order valence-electron chi connectivity index (χ3n) is 1.84. The monoisotopic (exact) mass is 154 g/mol. The minimum Gasteiger partial charge on any atom is -0.394 e. The molecule has 0 aromatic rings. The molecular formula is C8H14N2O. The van der Waals surface area contributed by atoms with Crippen LogP contribution in [0.25, 0.3) is 0 Å². The highest BCUT2D eigenvalue weighted by atomic mass is 16.3. The first-order chi connectivity index (χ1) is 5.27. The van der Waals surface area contributed by atoms with E-state index in [0.717, 1.165) is 5.70 Å². The molecule has 1 aliphatic heterocycles. The fourth-order valence-electron chi connectivity index (χ4n) is 1.05. The minimum atomic E-state index is 0.132. The van der Waals surface area contributed by atoms with E-state index >= 15 is 0 Å². The summed E-state index contributed by atoms with van der Waals surface area (Å²) < 4.78 is 0. The van der Waals surface area contributed by atoms with Crippen molar-refractivity contribution in [2.24, 2.45) is 0 Å². The average molecular weight is 154 g/mol. The van der Waals surface area contributed by atoms with Gasteiger partial charge in [0.05, 0.1) is 12.6 Å². The molecule has 0 fully saturated rings. The summed E-state index contributed by atoms with van der Waals surface area (Å²) in [6, 6.07) is 0.132. The van der Waals surface area contributed by atoms with Crippen LogP contribution in [0.1, 0.15) is 0 Å². The van der Waals surface area contributed by atoms with Crippen molar-refractivity contribution < 1.29 is 5.11 Å². The van der Waals surface area contributed by atoms with E-state index in [1.165, 1.54) is 0 Å². The van der Waals surface area contributed by atoms with Gasteiger partial charge in [0, 0.05) is 26.0 Å². The smallest absolute Gasteiger partial charge is 0.0700 e. The Bertz CT molecular complexity index is 187. The summed E-state index contributed by atoms with van der Waals surface area (Å²) in [6.07, 6.45) is 5.92. The largest absolute Gasteiger partial charge is 0.394 e. The maximum absolute atomic E-state index is 8.88. The molecule has 0 amide bonds. The molecule has 0 saturated heterocycles. The predicted octanol–water partition coefficient (Wildman–Crippen LogP) is -0.0903. The van der Waals surface area contributed by atoms with Gasteiger partial charge in [0.15, 0.2) is 0 Å². The van der Waals surface area contributed by atoms with E-state index in [9.17, 15) is 0 Å². The molecule has 0 aromatic heterocycles. The number of nitrogens with one attached hydrogen (secondary N) is 1. The van der Waals surface area contributed by atoms with Crippen molar-refractivity contribution in [2.45, 2.75) is 6.04 Å². The van der Waals surface area contributed by atoms with Gasteiger partial charge in [-0.15, -0.1) is 0 Å². The summed E-state index contributed by atoms with van der Waals surface area (Å²) in [5, 5.41) is 11.9. The molecular weight excluding hydrogens is 140 g/mol. The normalized spacial score (nSPS) is 23.4. The third-order valence-corrected chi connectivity index (χ3v) is 1.84. The zero-order chi connectivity index (χ0) is 8.27. The van der Waals surface area contributed by atoms with Crippen molar-refractivity contribution in [3.63, 3.8) is 0 Å². The third kappa shape index (κ3) is 1.74. The van der Waals surface area contributed by atoms with Crippen LogP contribution >= 0.6 is 0 Å². The number of aliphatic hydroxyl groups excluding tert-OH is 1. The number of nitrogens with zero attached hydrogens (tertiary/aromatic N) is 1. The maximum atomic E-state index is 8.88. The Hall–Kier alpha value is -0.960. The van der Waals surface area contributed by atoms with Crippen molar-refractivity contribution in [2.75, 3.05) is 20.7 Å². The van der Waals surface area contributed by atoms with Crippen molar-refractivity contribution in [1.29, 1.82) is 0 Å². The van der Waals surface area contributed by atoms with Crippen molar-refractivity contribution in [3.05, 3.63) is 24.0 Å². The summed E-state index contributed by atoms with van der Waals surface area (Å²) in [4.78, 5) is 1.98. The Morgan fingerprint density at radius 1 is 1.73 bits per heavy atom. The SMILES string of the molecule is CNC1=CN(C)C(CO)C=C1. The van der Waals surface area contributed by atoms with Crippen molar-refractivity contribution in [3.8, 4) is 0 Å². The Morgan fingerprint density at radius 3 is 2.91 bits per heavy atom. The van der Waals surface area contributed by atoms with E-state index in [-0.39, 0.29) is 12.6 Å². The van der Waals surface area contributed by atoms with Crippen LogP contribution in [0.15, 0.2) is 24.0 Å². The molecule has 62 valence electrons. The first kappa shape index (κ1) is 8.14. The van der Waals surface area contributed by atoms with Crippen LogP contribution in [-0.4, -0.2) is 36.8 Å². The molecule has 0 bridgehead atoms. The first-order valence-corrected chi connectivity index (χ1v) is 3.68. The minimum absolute atomic E-state index is 0.132. The van der Waals surface area contributed by atoms with Crippen molar-refractivity contribution in [1.82, 2.24) is 10.2 Å². The van der Waals surface area contributed by atoms with E-state index in [0.29, 0.717) is 0 Å². The molecule has 1 unspecified atom stereocenters. The molecule has 1 aliphatic rings. The van der Waals surface area contributed by atoms with Gasteiger partial charge in [0.25, 0.3) is 0 Å². The van der Waals surface area contributed by atoms with Gasteiger partial charge in [-0.2, -0.15) is 0 Å². The van der Waals surface area contributed by atoms with Crippen LogP contribution in [0, 0.1) is 0 Å². The Balaban J connectivity index is 2.63. The lowest BCUT2D eigenvalue weighted by Gasteiger charge is -2.26. The van der Waals surface area contributed by atoms with Crippen LogP contribution in [-0.2, 0) is 0 Å². The molecule has 0 aliphatic carbocycles. The van der Waals surface area contributed by atoms with Crippen LogP contribution in [0.5, 0.6) is 0 Å². The molecule has 2 N–H and O–H groups in total. The van der Waals surface area contributed by atoms with E-state index < -0.39 is 0 Å². The quantitative estimate of drug-likeness (QED) is 0.583. The van der Waals surface area contributed by atoms with Gasteiger partial charge in [-0.1, -0.05) is 6.08 Å². The number of allylic oxidation sites excluding steroid dienone is 1. The van der Waals surface area contributed by atoms with Gasteiger partial charge in [0.2, 0.25) is 0 Å². The summed E-state index contributed by atoms with van der Waals surface area (Å²) in [5.74, 6) is 0. The van der Waals surface area contributed by atoms with Gasteiger partial charge < -0.3 is 15.3 Å². The van der Waals surface area contributed by atoms with Crippen LogP contribution in [0.3, 0.4) is 0 Å². The van der Waals surface area contributed by atoms with Crippen LogP contribution in [0.2, 0.25) is 0 Å². The predicted molar refractivity (Wildman–Crippen MR) is 44.9 cm³/mol. The molecule has 0 aromatic carbocycles. The summed E-state index contributed by atoms with van der Waals surface area (Å²) >= 11 is 0. The molecule has 1 atom stereocenters. The van der Waals surface area contributed by atoms with E-state index in [1.54, 1.807) is 0 Å². The fraction of sp³-hybridized carbons (Fsp3) is 0.500. The highest BCUT2D eigenvalue weighted by molar-refractivity contribution is 5.22. The fourth-order valence-corrected chi connectivity index (χ4v) is 1.05. The number of likely N-dealkylation sites (N-methyl/N-ethyl adjacent to an activating group) is 2. The van der Waals surface area contributed by atoms with Gasteiger partial charge in [-0.05, 0) is 6.08 Å². The lowest BCUT2D eigenvalue weighted by molar-refractivity contribution is 0.210. The van der Waals surface area contributed by atoms with E-state index in [2.05, 4.69) is 5.32 Å². The van der Waals surface area contributed by atoms with Crippen molar-refractivity contribution >= 4 is 0 Å². The second-order valence-electron chi connectivity index (χ2n) is 2.61. The maximum Gasteiger partial charge on any atom is 0.0700 e. The molecule has 0 radical (unpaired) electrons. The van der Waals surface area contributed by atoms with Crippen LogP contribution < -0.4 is 5.32 Å². The van der Waals surface area contributed by atoms with Gasteiger partial charge in [0.1, 0.15) is 0 Å². The Kier molecular flexibility index (Phi) is 2.54. The molecule has 0 saturated carbocycles. The molecule has 0 spiro atoms. The topological polar surface area (TPSA) is 35.5 Å². The van der Waals surface area contributed by atoms with Gasteiger partial charge in [-0.25, -0.2) is 0 Å². The number of hydrogen-bond donors (Lipinski definition) is 2. The molecule has 1 rings (SSSR count). The zero-order valence-electron chi connectivity index (χ0n) is 6.91. The summed E-state index contributed by atoms with van der Waals surface area (Å²) in [5.41, 5.74) is 1.07. The molecule has 11 heavy (non-hydrogen) atoms. The first-order valence-electron chi connectivity index (χ1n) is 3.68. The van der Waals surface area contributed by atoms with Gasteiger partial charge >= 0.3 is 0 Å². The number of rotatable bonds is 2. The molecule has 3 heteroatoms. The second-order valence-corrected chi connectivity index (χ2v) is 2.61. The summed E-state index contributed by atoms with van der Waals surface area (Å²) in [7, 11) is 3.82. The Morgan fingerprint density at radius 2 is 2.45 bits per heavy atom. The summed E-state index contributed by atoms with van der Waals surface area (Å²) in [6.45, 7) is 0.167. The highest BCUT2D eigenvalue weighted by Gasteiger charge is 2.10. The lowest BCUT2D eigenvalue weighted by Crippen LogP contribution is -2.32. The molecule has 1 heterocycles. The van der Waals surface area contributed by atoms with Gasteiger partial charge in [-0.3, -0.25) is 0 Å². The standard InChI is InChI=1S/C8H14N2O/c1-9-7-3-4-8(6-11)10(2)5-7/h3-5,8-9,11H,6H2,1-2H3. The Labute approximate surface area is 67.0 Å². The zero-order valence-corrected chi connectivity index (χ0v) is 6.91. The van der Waals surface area contributed by atoms with E-state index in [4.69, 9.17) is 5.11 Å². The highest BCUT2D eigenvalue weighted by Crippen LogP contribution is 2.08. The average Bonchev–Trinajstić information content (AvgIpc) is 2.04. The number of hydrogen-bond acceptors (Lipinski definition) is 3. The van der Waals surface area contributed by atoms with E-state index in [1.807, 2.05) is 37.3 Å².